The van der Waals surface area contributed by atoms with Crippen LogP contribution in [-0.4, -0.2) is 58.5 Å². The molecule has 4 aliphatic rings. The molecule has 0 aromatic carbocycles. The van der Waals surface area contributed by atoms with Gasteiger partial charge in [0.25, 0.3) is 0 Å². The SMILES string of the molecule is CCC(COCC1CC2C=CC1C2)OC(=O)OCC(COCC1CC2C=CC1C2)OC. The summed E-state index contributed by atoms with van der Waals surface area (Å²) in [5.41, 5.74) is 0. The van der Waals surface area contributed by atoms with E-state index in [0.717, 1.165) is 25.0 Å². The molecule has 2 fully saturated rings. The zero-order chi connectivity index (χ0) is 21.6. The van der Waals surface area contributed by atoms with E-state index in [9.17, 15) is 4.79 Å². The predicted molar refractivity (Wildman–Crippen MR) is 117 cm³/mol. The Morgan fingerprint density at radius 1 is 0.839 bits per heavy atom. The van der Waals surface area contributed by atoms with E-state index in [0.29, 0.717) is 43.3 Å². The van der Waals surface area contributed by atoms with Gasteiger partial charge in [-0.3, -0.25) is 0 Å². The van der Waals surface area contributed by atoms with E-state index in [1.807, 2.05) is 6.92 Å². The van der Waals surface area contributed by atoms with Crippen LogP contribution in [0, 0.1) is 35.5 Å². The Bertz CT molecular complexity index is 646. The molecule has 0 spiro atoms. The Morgan fingerprint density at radius 2 is 1.42 bits per heavy atom. The van der Waals surface area contributed by atoms with E-state index >= 15 is 0 Å². The third-order valence-electron chi connectivity index (χ3n) is 7.54. The zero-order valence-electron chi connectivity index (χ0n) is 18.9. The lowest BCUT2D eigenvalue weighted by Crippen LogP contribution is -2.30. The molecule has 8 atom stereocenters. The fraction of sp³-hybridized carbons (Fsp3) is 0.800. The third kappa shape index (κ3) is 6.11. The summed E-state index contributed by atoms with van der Waals surface area (Å²) in [5, 5.41) is 0. The van der Waals surface area contributed by atoms with Crippen molar-refractivity contribution in [2.75, 3.05) is 40.1 Å². The van der Waals surface area contributed by atoms with Gasteiger partial charge in [0.2, 0.25) is 0 Å². The number of hydrogen-bond donors (Lipinski definition) is 0. The first-order valence-electron chi connectivity index (χ1n) is 12.0. The van der Waals surface area contributed by atoms with Gasteiger partial charge in [-0.15, -0.1) is 0 Å². The number of allylic oxidation sites excluding steroid dienone is 4. The number of carbonyl (C=O) groups is 1. The number of methoxy groups -OCH3 is 1. The second kappa shape index (κ2) is 11.0. The number of fused-ring (bicyclic) bond motifs is 4. The maximum absolute atomic E-state index is 12.1. The lowest BCUT2D eigenvalue weighted by Gasteiger charge is -2.22. The number of rotatable bonds is 13. The van der Waals surface area contributed by atoms with Crippen LogP contribution in [0.3, 0.4) is 0 Å². The number of hydrogen-bond acceptors (Lipinski definition) is 6. The van der Waals surface area contributed by atoms with Crippen LogP contribution in [0.15, 0.2) is 24.3 Å². The molecule has 6 heteroatoms. The molecule has 4 bridgehead atoms. The van der Waals surface area contributed by atoms with Gasteiger partial charge < -0.3 is 23.7 Å². The van der Waals surface area contributed by atoms with Crippen LogP contribution in [-0.2, 0) is 23.7 Å². The first-order valence-corrected chi connectivity index (χ1v) is 12.0. The van der Waals surface area contributed by atoms with E-state index in [1.54, 1.807) is 7.11 Å². The normalized spacial score (nSPS) is 34.4. The number of ether oxygens (including phenoxy) is 5. The first-order chi connectivity index (χ1) is 15.1. The number of carbonyl (C=O) groups excluding carboxylic acids is 1. The van der Waals surface area contributed by atoms with Gasteiger partial charge in [0.15, 0.2) is 0 Å². The topological polar surface area (TPSA) is 63.2 Å². The highest BCUT2D eigenvalue weighted by molar-refractivity contribution is 5.60. The van der Waals surface area contributed by atoms with Crippen molar-refractivity contribution < 1.29 is 28.5 Å². The van der Waals surface area contributed by atoms with Crippen molar-refractivity contribution in [2.45, 2.75) is 51.2 Å². The van der Waals surface area contributed by atoms with Crippen molar-refractivity contribution in [2.24, 2.45) is 35.5 Å². The molecule has 0 N–H and O–H groups in total. The zero-order valence-corrected chi connectivity index (χ0v) is 18.9. The fourth-order valence-electron chi connectivity index (χ4n) is 5.62. The molecule has 2 saturated carbocycles. The molecule has 0 aliphatic heterocycles. The molecule has 31 heavy (non-hydrogen) atoms. The lowest BCUT2D eigenvalue weighted by molar-refractivity contribution is -0.0596. The summed E-state index contributed by atoms with van der Waals surface area (Å²) >= 11 is 0. The Hall–Kier alpha value is -1.37. The highest BCUT2D eigenvalue weighted by Crippen LogP contribution is 2.44. The van der Waals surface area contributed by atoms with Crippen molar-refractivity contribution in [3.63, 3.8) is 0 Å². The van der Waals surface area contributed by atoms with Crippen LogP contribution in [0.5, 0.6) is 0 Å². The molecule has 4 aliphatic carbocycles. The Labute approximate surface area is 186 Å². The van der Waals surface area contributed by atoms with Gasteiger partial charge in [-0.25, -0.2) is 4.79 Å². The second-order valence-electron chi connectivity index (χ2n) is 9.72. The van der Waals surface area contributed by atoms with Gasteiger partial charge in [0.05, 0.1) is 26.4 Å². The largest absolute Gasteiger partial charge is 0.508 e. The highest BCUT2D eigenvalue weighted by Gasteiger charge is 2.36. The van der Waals surface area contributed by atoms with Gasteiger partial charge in [-0.05, 0) is 67.6 Å². The summed E-state index contributed by atoms with van der Waals surface area (Å²) in [6.07, 6.45) is 13.8. The molecule has 6 nitrogen and oxygen atoms in total. The van der Waals surface area contributed by atoms with E-state index in [-0.39, 0.29) is 18.8 Å². The van der Waals surface area contributed by atoms with Crippen molar-refractivity contribution in [3.8, 4) is 0 Å². The van der Waals surface area contributed by atoms with Gasteiger partial charge in [-0.1, -0.05) is 31.2 Å². The minimum Gasteiger partial charge on any atom is -0.431 e. The van der Waals surface area contributed by atoms with E-state index in [2.05, 4.69) is 24.3 Å². The van der Waals surface area contributed by atoms with Crippen LogP contribution >= 0.6 is 0 Å². The summed E-state index contributed by atoms with van der Waals surface area (Å²) in [4.78, 5) is 12.1. The van der Waals surface area contributed by atoms with Crippen LogP contribution in [0.25, 0.3) is 0 Å². The first kappa shape index (κ1) is 22.8. The van der Waals surface area contributed by atoms with Gasteiger partial charge in [0.1, 0.15) is 18.8 Å². The van der Waals surface area contributed by atoms with Gasteiger partial charge in [0, 0.05) is 7.11 Å². The summed E-state index contributed by atoms with van der Waals surface area (Å²) in [6, 6.07) is 0. The van der Waals surface area contributed by atoms with Gasteiger partial charge in [-0.2, -0.15) is 0 Å². The molecule has 0 amide bonds. The van der Waals surface area contributed by atoms with Crippen LogP contribution in [0.2, 0.25) is 0 Å². The molecule has 0 aromatic rings. The molecule has 8 unspecified atom stereocenters. The molecule has 0 aromatic heterocycles. The monoisotopic (exact) mass is 434 g/mol. The third-order valence-corrected chi connectivity index (χ3v) is 7.54. The second-order valence-corrected chi connectivity index (χ2v) is 9.72. The van der Waals surface area contributed by atoms with E-state index in [1.165, 1.54) is 25.7 Å². The van der Waals surface area contributed by atoms with E-state index in [4.69, 9.17) is 23.7 Å². The van der Waals surface area contributed by atoms with Crippen LogP contribution < -0.4 is 0 Å². The molecule has 0 radical (unpaired) electrons. The van der Waals surface area contributed by atoms with Crippen LogP contribution in [0.1, 0.15) is 39.0 Å². The smallest absolute Gasteiger partial charge is 0.431 e. The molecule has 4 rings (SSSR count). The average molecular weight is 435 g/mol. The Balaban J connectivity index is 1.07. The van der Waals surface area contributed by atoms with E-state index < -0.39 is 6.16 Å². The Kier molecular flexibility index (Phi) is 8.07. The highest BCUT2D eigenvalue weighted by atomic mass is 16.7. The molecule has 0 heterocycles. The summed E-state index contributed by atoms with van der Waals surface area (Å²) < 4.78 is 27.9. The molecular formula is C25H38O6. The standard InChI is InChI=1S/C25H38O6/c1-3-23(14-28-12-21-10-17-4-6-19(21)8-17)31-25(26)30-16-24(27-2)15-29-13-22-11-18-5-7-20(22)9-18/h4-7,17-24H,3,8-16H2,1-2H3. The van der Waals surface area contributed by atoms with Crippen molar-refractivity contribution in [3.05, 3.63) is 24.3 Å². The maximum atomic E-state index is 12.1. The van der Waals surface area contributed by atoms with Crippen molar-refractivity contribution >= 4 is 6.16 Å². The summed E-state index contributed by atoms with van der Waals surface area (Å²) in [6.45, 7) is 4.42. The minimum absolute atomic E-state index is 0.126. The maximum Gasteiger partial charge on any atom is 0.508 e. The fourth-order valence-corrected chi connectivity index (χ4v) is 5.62. The van der Waals surface area contributed by atoms with Crippen LogP contribution in [0.4, 0.5) is 4.79 Å². The molecule has 174 valence electrons. The van der Waals surface area contributed by atoms with Gasteiger partial charge >= 0.3 is 6.16 Å². The quantitative estimate of drug-likeness (QED) is 0.316. The summed E-state index contributed by atoms with van der Waals surface area (Å²) in [7, 11) is 1.61. The molecule has 0 saturated heterocycles. The Morgan fingerprint density at radius 3 is 1.87 bits per heavy atom. The summed E-state index contributed by atoms with van der Waals surface area (Å²) in [5.74, 6) is 4.05. The average Bonchev–Trinajstić information content (AvgIpc) is 3.57. The van der Waals surface area contributed by atoms with Crippen molar-refractivity contribution in [1.29, 1.82) is 0 Å². The minimum atomic E-state index is -0.668. The predicted octanol–water partition coefficient (Wildman–Crippen LogP) is 4.39. The van der Waals surface area contributed by atoms with Crippen molar-refractivity contribution in [1.82, 2.24) is 0 Å². The lowest BCUT2D eigenvalue weighted by atomic mass is 9.95. The molecular weight excluding hydrogens is 396 g/mol.